The van der Waals surface area contributed by atoms with Crippen LogP contribution in [0.2, 0.25) is 10.0 Å². The Balaban J connectivity index is 0.00000320. The zero-order valence-electron chi connectivity index (χ0n) is 15.2. The summed E-state index contributed by atoms with van der Waals surface area (Å²) in [6, 6.07) is 8.72. The number of carboxylic acid groups (broad SMARTS) is 1. The van der Waals surface area contributed by atoms with Crippen LogP contribution in [0, 0.1) is 6.92 Å². The van der Waals surface area contributed by atoms with Gasteiger partial charge >= 0.3 is 43.7 Å². The summed E-state index contributed by atoms with van der Waals surface area (Å²) in [4.78, 5) is 10.5. The minimum atomic E-state index is -5.07. The van der Waals surface area contributed by atoms with Crippen molar-refractivity contribution in [1.29, 1.82) is 0 Å². The van der Waals surface area contributed by atoms with Gasteiger partial charge in [-0.3, -0.25) is 0 Å². The third-order valence-electron chi connectivity index (χ3n) is 4.04. The molecule has 0 heterocycles. The Morgan fingerprint density at radius 3 is 2.30 bits per heavy atom. The average molecular weight is 493 g/mol. The number of aromatic carboxylic acids is 1. The van der Waals surface area contributed by atoms with Gasteiger partial charge in [-0.2, -0.15) is 5.11 Å². The van der Waals surface area contributed by atoms with Gasteiger partial charge in [-0.25, -0.2) is 13.2 Å². The molecule has 3 aromatic carbocycles. The number of rotatable bonds is 4. The molecule has 0 atom stereocenters. The van der Waals surface area contributed by atoms with Crippen molar-refractivity contribution in [3.05, 3.63) is 57.6 Å². The fourth-order valence-electron chi connectivity index (χ4n) is 2.71. The monoisotopic (exact) mass is 492 g/mol. The van der Waals surface area contributed by atoms with E-state index < -0.39 is 43.0 Å². The summed E-state index contributed by atoms with van der Waals surface area (Å²) in [6.45, 7) is 1.51. The van der Waals surface area contributed by atoms with Gasteiger partial charge in [-0.05, 0) is 30.0 Å². The normalized spacial score (nSPS) is 11.6. The van der Waals surface area contributed by atoms with Crippen LogP contribution < -0.4 is 5.11 Å². The van der Waals surface area contributed by atoms with E-state index in [0.29, 0.717) is 10.9 Å². The molecule has 0 bridgehead atoms. The van der Waals surface area contributed by atoms with Crippen LogP contribution in [0.1, 0.15) is 15.9 Å². The van der Waals surface area contributed by atoms with E-state index in [9.17, 15) is 28.0 Å². The van der Waals surface area contributed by atoms with E-state index in [1.165, 1.54) is 25.1 Å². The zero-order chi connectivity index (χ0) is 21.5. The van der Waals surface area contributed by atoms with Crippen LogP contribution in [0.4, 0.5) is 11.4 Å². The molecule has 0 aliphatic heterocycles. The van der Waals surface area contributed by atoms with Crippen molar-refractivity contribution in [3.63, 3.8) is 0 Å². The number of fused-ring (bicyclic) bond motifs is 1. The maximum Gasteiger partial charge on any atom is 2.00 e. The third-order valence-corrected chi connectivity index (χ3v) is 5.84. The Hall–Kier alpha value is -1.46. The number of carbonyl (C=O) groups is 1. The van der Waals surface area contributed by atoms with E-state index in [0.717, 1.165) is 0 Å². The average Bonchev–Trinajstić information content (AvgIpc) is 2.62. The minimum Gasteiger partial charge on any atom is -0.870 e. The van der Waals surface area contributed by atoms with Crippen LogP contribution in [0.5, 0.6) is 5.75 Å². The molecular formula is C18H10CaCl2N2O6S. The number of benzene rings is 3. The van der Waals surface area contributed by atoms with Gasteiger partial charge < -0.3 is 14.8 Å². The van der Waals surface area contributed by atoms with Gasteiger partial charge in [0.2, 0.25) is 0 Å². The number of hydrogen-bond donors (Lipinski definition) is 1. The Bertz CT molecular complexity index is 1310. The van der Waals surface area contributed by atoms with E-state index in [1.54, 1.807) is 18.2 Å². The van der Waals surface area contributed by atoms with Gasteiger partial charge in [0.15, 0.2) is 0 Å². The molecule has 8 nitrogen and oxygen atoms in total. The number of halogens is 2. The maximum atomic E-state index is 12.6. The SMILES string of the molecule is Cc1cc(Cl)c(S(=O)(=O)[O-])c(N=Nc2c([O-])c(C(=O)O)cc3ccccc23)c1Cl.[Ca+2]. The van der Waals surface area contributed by atoms with Crippen LogP contribution in [0.25, 0.3) is 10.8 Å². The molecule has 0 fully saturated rings. The Labute approximate surface area is 210 Å². The first-order chi connectivity index (χ1) is 13.5. The molecule has 0 saturated carbocycles. The molecule has 0 aliphatic rings. The third kappa shape index (κ3) is 4.72. The largest absolute Gasteiger partial charge is 2.00 e. The van der Waals surface area contributed by atoms with Gasteiger partial charge in [0.25, 0.3) is 0 Å². The second-order valence-corrected chi connectivity index (χ2v) is 8.05. The molecule has 30 heavy (non-hydrogen) atoms. The molecule has 12 heteroatoms. The smallest absolute Gasteiger partial charge is 0.870 e. The molecule has 0 radical (unpaired) electrons. The van der Waals surface area contributed by atoms with Crippen LogP contribution >= 0.6 is 23.2 Å². The van der Waals surface area contributed by atoms with Crippen molar-refractivity contribution in [2.45, 2.75) is 11.8 Å². The maximum absolute atomic E-state index is 12.6. The molecule has 0 spiro atoms. The van der Waals surface area contributed by atoms with Gasteiger partial charge in [-0.15, -0.1) is 5.11 Å². The number of carboxylic acids is 1. The van der Waals surface area contributed by atoms with Crippen LogP contribution in [0.15, 0.2) is 51.5 Å². The van der Waals surface area contributed by atoms with E-state index in [-0.39, 0.29) is 53.8 Å². The van der Waals surface area contributed by atoms with Gasteiger partial charge in [-0.1, -0.05) is 53.2 Å². The van der Waals surface area contributed by atoms with E-state index in [1.807, 2.05) is 0 Å². The van der Waals surface area contributed by atoms with Gasteiger partial charge in [0.05, 0.1) is 21.3 Å². The van der Waals surface area contributed by atoms with E-state index in [4.69, 9.17) is 23.2 Å². The molecule has 3 aromatic rings. The second-order valence-electron chi connectivity index (χ2n) is 5.95. The van der Waals surface area contributed by atoms with Crippen molar-refractivity contribution in [2.75, 3.05) is 0 Å². The first-order valence-electron chi connectivity index (χ1n) is 7.84. The number of nitrogens with zero attached hydrogens (tertiary/aromatic N) is 2. The second kappa shape index (κ2) is 9.35. The summed E-state index contributed by atoms with van der Waals surface area (Å²) in [5.74, 6) is -2.39. The molecule has 0 aliphatic carbocycles. The number of azo groups is 1. The summed E-state index contributed by atoms with van der Waals surface area (Å²) >= 11 is 12.0. The van der Waals surface area contributed by atoms with Crippen LogP contribution in [-0.4, -0.2) is 61.8 Å². The summed E-state index contributed by atoms with van der Waals surface area (Å²) in [7, 11) is -5.07. The van der Waals surface area contributed by atoms with Crippen LogP contribution in [0.3, 0.4) is 0 Å². The van der Waals surface area contributed by atoms with Gasteiger partial charge in [0, 0.05) is 5.39 Å². The Kier molecular flexibility index (Phi) is 7.73. The van der Waals surface area contributed by atoms with Crippen molar-refractivity contribution in [1.82, 2.24) is 0 Å². The zero-order valence-corrected chi connectivity index (χ0v) is 19.8. The molecule has 0 unspecified atom stereocenters. The Morgan fingerprint density at radius 1 is 1.10 bits per heavy atom. The predicted octanol–water partition coefficient (Wildman–Crippen LogP) is 4.17. The summed E-state index contributed by atoms with van der Waals surface area (Å²) < 4.78 is 34.9. The van der Waals surface area contributed by atoms with Gasteiger partial charge in [0.1, 0.15) is 20.7 Å². The summed E-state index contributed by atoms with van der Waals surface area (Å²) in [6.07, 6.45) is 0. The quantitative estimate of drug-likeness (QED) is 0.328. The first-order valence-corrected chi connectivity index (χ1v) is 10.0. The topological polar surface area (TPSA) is 142 Å². The molecular weight excluding hydrogens is 483 g/mol. The number of hydrogen-bond acceptors (Lipinski definition) is 7. The molecule has 3 rings (SSSR count). The predicted molar refractivity (Wildman–Crippen MR) is 109 cm³/mol. The van der Waals surface area contributed by atoms with E-state index >= 15 is 0 Å². The molecule has 0 saturated heterocycles. The van der Waals surface area contributed by atoms with Crippen molar-refractivity contribution < 1.29 is 28.0 Å². The molecule has 0 aromatic heterocycles. The van der Waals surface area contributed by atoms with Crippen LogP contribution in [-0.2, 0) is 10.1 Å². The van der Waals surface area contributed by atoms with E-state index in [2.05, 4.69) is 10.2 Å². The van der Waals surface area contributed by atoms with Crippen molar-refractivity contribution in [2.24, 2.45) is 10.2 Å². The molecule has 0 amide bonds. The summed E-state index contributed by atoms with van der Waals surface area (Å²) in [5, 5.41) is 29.4. The fraction of sp³-hybridized carbons (Fsp3) is 0.0556. The summed E-state index contributed by atoms with van der Waals surface area (Å²) in [5.41, 5.74) is -1.09. The standard InChI is InChI=1S/C18H12Cl2N2O6S.Ca/c1-8-6-12(19)17(29(26,27)28)15(13(8)20)22-21-14-10-5-3-2-4-9(10)7-11(16(14)23)18(24)25;/h2-7,23H,1H3,(H,24,25)(H,26,27,28);/q;+2/p-2. The first kappa shape index (κ1) is 24.8. The van der Waals surface area contributed by atoms with Crippen molar-refractivity contribution in [3.8, 4) is 5.75 Å². The number of aryl methyl sites for hydroxylation is 1. The van der Waals surface area contributed by atoms with Crippen molar-refractivity contribution >= 4 is 99.2 Å². The fourth-order valence-corrected chi connectivity index (χ4v) is 4.17. The Morgan fingerprint density at radius 2 is 1.70 bits per heavy atom. The molecule has 150 valence electrons. The minimum absolute atomic E-state index is 0. The molecule has 1 N–H and O–H groups in total.